The van der Waals surface area contributed by atoms with Gasteiger partial charge in [-0.3, -0.25) is 4.79 Å². The van der Waals surface area contributed by atoms with Crippen LogP contribution in [-0.4, -0.2) is 47.7 Å². The van der Waals surface area contributed by atoms with Crippen LogP contribution in [0, 0.1) is 0 Å². The fraction of sp³-hybridized carbons (Fsp3) is 0.467. The Labute approximate surface area is 130 Å². The van der Waals surface area contributed by atoms with Crippen LogP contribution in [-0.2, 0) is 10.9 Å². The van der Waals surface area contributed by atoms with Crippen LogP contribution in [0.25, 0.3) is 0 Å². The molecule has 0 aliphatic carbocycles. The summed E-state index contributed by atoms with van der Waals surface area (Å²) >= 11 is 0. The molecule has 0 saturated carbocycles. The SMILES string of the molecule is C[C@H]1CN(C(=O)c2ccc(C(=O)O)cc2C(F)(F)F)CCCO1. The first-order valence-corrected chi connectivity index (χ1v) is 7.05. The van der Waals surface area contributed by atoms with Crippen LogP contribution in [0.2, 0.25) is 0 Å². The van der Waals surface area contributed by atoms with Gasteiger partial charge in [0.25, 0.3) is 5.91 Å². The van der Waals surface area contributed by atoms with Crippen molar-refractivity contribution in [3.8, 4) is 0 Å². The van der Waals surface area contributed by atoms with Crippen molar-refractivity contribution in [3.63, 3.8) is 0 Å². The molecule has 1 saturated heterocycles. The molecule has 0 unspecified atom stereocenters. The molecule has 1 heterocycles. The number of halogens is 3. The maximum Gasteiger partial charge on any atom is 0.417 e. The maximum absolute atomic E-state index is 13.2. The van der Waals surface area contributed by atoms with Crippen molar-refractivity contribution < 1.29 is 32.6 Å². The first kappa shape index (κ1) is 17.3. The lowest BCUT2D eigenvalue weighted by atomic mass is 10.0. The average Bonchev–Trinajstić information content (AvgIpc) is 2.69. The summed E-state index contributed by atoms with van der Waals surface area (Å²) in [6, 6.07) is 2.42. The maximum atomic E-state index is 13.2. The van der Waals surface area contributed by atoms with E-state index in [2.05, 4.69) is 0 Å². The van der Waals surface area contributed by atoms with Gasteiger partial charge in [0.05, 0.1) is 22.8 Å². The second-order valence-corrected chi connectivity index (χ2v) is 5.35. The van der Waals surface area contributed by atoms with Gasteiger partial charge < -0.3 is 14.7 Å². The van der Waals surface area contributed by atoms with Crippen LogP contribution < -0.4 is 0 Å². The zero-order valence-electron chi connectivity index (χ0n) is 12.4. The Bertz CT molecular complexity index is 615. The van der Waals surface area contributed by atoms with Crippen LogP contribution in [0.15, 0.2) is 18.2 Å². The second-order valence-electron chi connectivity index (χ2n) is 5.35. The number of carbonyl (C=O) groups is 2. The van der Waals surface area contributed by atoms with E-state index >= 15 is 0 Å². The van der Waals surface area contributed by atoms with E-state index < -0.39 is 34.7 Å². The number of rotatable bonds is 2. The monoisotopic (exact) mass is 331 g/mol. The highest BCUT2D eigenvalue weighted by atomic mass is 19.4. The van der Waals surface area contributed by atoms with E-state index in [4.69, 9.17) is 9.84 Å². The molecule has 1 aromatic carbocycles. The molecule has 1 N–H and O–H groups in total. The number of benzene rings is 1. The lowest BCUT2D eigenvalue weighted by molar-refractivity contribution is -0.138. The van der Waals surface area contributed by atoms with Gasteiger partial charge in [-0.15, -0.1) is 0 Å². The molecule has 0 spiro atoms. The smallest absolute Gasteiger partial charge is 0.417 e. The Balaban J connectivity index is 2.41. The van der Waals surface area contributed by atoms with Gasteiger partial charge >= 0.3 is 12.1 Å². The van der Waals surface area contributed by atoms with Crippen molar-refractivity contribution in [3.05, 3.63) is 34.9 Å². The number of hydrogen-bond donors (Lipinski definition) is 1. The molecule has 1 amide bonds. The van der Waals surface area contributed by atoms with Crippen molar-refractivity contribution in [1.82, 2.24) is 4.90 Å². The highest BCUT2D eigenvalue weighted by Gasteiger charge is 2.37. The van der Waals surface area contributed by atoms with Gasteiger partial charge in [-0.05, 0) is 31.5 Å². The number of alkyl halides is 3. The number of nitrogens with zero attached hydrogens (tertiary/aromatic N) is 1. The molecule has 2 rings (SSSR count). The highest BCUT2D eigenvalue weighted by molar-refractivity contribution is 5.97. The molecule has 1 aliphatic rings. The van der Waals surface area contributed by atoms with E-state index in [1.54, 1.807) is 6.92 Å². The van der Waals surface area contributed by atoms with Crippen molar-refractivity contribution in [1.29, 1.82) is 0 Å². The summed E-state index contributed by atoms with van der Waals surface area (Å²) in [6.45, 7) is 2.66. The summed E-state index contributed by atoms with van der Waals surface area (Å²) in [6.07, 6.45) is -4.55. The van der Waals surface area contributed by atoms with Gasteiger partial charge in [-0.25, -0.2) is 4.79 Å². The minimum Gasteiger partial charge on any atom is -0.478 e. The van der Waals surface area contributed by atoms with Crippen LogP contribution in [0.1, 0.15) is 39.6 Å². The lowest BCUT2D eigenvalue weighted by Crippen LogP contribution is -2.37. The van der Waals surface area contributed by atoms with E-state index in [0.717, 1.165) is 12.1 Å². The molecule has 1 aromatic rings. The quantitative estimate of drug-likeness (QED) is 0.905. The van der Waals surface area contributed by atoms with Crippen molar-refractivity contribution in [2.24, 2.45) is 0 Å². The van der Waals surface area contributed by atoms with Gasteiger partial charge in [0, 0.05) is 19.7 Å². The molecule has 126 valence electrons. The summed E-state index contributed by atoms with van der Waals surface area (Å²) in [4.78, 5) is 24.7. The average molecular weight is 331 g/mol. The molecule has 8 heteroatoms. The standard InChI is InChI=1S/C15H16F3NO4/c1-9-8-19(5-2-6-23-9)13(20)11-4-3-10(14(21)22)7-12(11)15(16,17)18/h3-4,7,9H,2,5-6,8H2,1H3,(H,21,22)/t9-/m0/s1. The van der Waals surface area contributed by atoms with Crippen LogP contribution in [0.5, 0.6) is 0 Å². The number of carbonyl (C=O) groups excluding carboxylic acids is 1. The minimum atomic E-state index is -4.82. The van der Waals surface area contributed by atoms with Crippen molar-refractivity contribution >= 4 is 11.9 Å². The first-order chi connectivity index (χ1) is 10.7. The predicted molar refractivity (Wildman–Crippen MR) is 74.3 cm³/mol. The summed E-state index contributed by atoms with van der Waals surface area (Å²) in [5.74, 6) is -2.25. The molecule has 23 heavy (non-hydrogen) atoms. The van der Waals surface area contributed by atoms with Crippen molar-refractivity contribution in [2.45, 2.75) is 25.6 Å². The normalized spacial score (nSPS) is 19.3. The van der Waals surface area contributed by atoms with E-state index in [1.807, 2.05) is 0 Å². The van der Waals surface area contributed by atoms with E-state index in [-0.39, 0.29) is 12.6 Å². The molecular formula is C15H16F3NO4. The number of aromatic carboxylic acids is 1. The first-order valence-electron chi connectivity index (χ1n) is 7.05. The third-order valence-corrected chi connectivity index (χ3v) is 3.54. The zero-order valence-corrected chi connectivity index (χ0v) is 12.4. The number of carboxylic acid groups (broad SMARTS) is 1. The Morgan fingerprint density at radius 2 is 2.04 bits per heavy atom. The highest BCUT2D eigenvalue weighted by Crippen LogP contribution is 2.33. The fourth-order valence-electron chi connectivity index (χ4n) is 2.45. The predicted octanol–water partition coefficient (Wildman–Crippen LogP) is 2.65. The molecule has 0 radical (unpaired) electrons. The largest absolute Gasteiger partial charge is 0.478 e. The number of amides is 1. The van der Waals surface area contributed by atoms with Crippen LogP contribution >= 0.6 is 0 Å². The topological polar surface area (TPSA) is 66.8 Å². The zero-order chi connectivity index (χ0) is 17.2. The summed E-state index contributed by atoms with van der Waals surface area (Å²) in [5.41, 5.74) is -2.29. The Kier molecular flexibility index (Phi) is 4.93. The molecule has 1 fully saturated rings. The fourth-order valence-corrected chi connectivity index (χ4v) is 2.45. The Hall–Kier alpha value is -2.09. The second kappa shape index (κ2) is 6.57. The van der Waals surface area contributed by atoms with E-state index in [0.29, 0.717) is 25.6 Å². The van der Waals surface area contributed by atoms with Crippen molar-refractivity contribution in [2.75, 3.05) is 19.7 Å². The van der Waals surface area contributed by atoms with Gasteiger partial charge in [0.2, 0.25) is 0 Å². The molecule has 0 bridgehead atoms. The third-order valence-electron chi connectivity index (χ3n) is 3.54. The van der Waals surface area contributed by atoms with Crippen LogP contribution in [0.3, 0.4) is 0 Å². The number of ether oxygens (including phenoxy) is 1. The van der Waals surface area contributed by atoms with Gasteiger partial charge in [-0.1, -0.05) is 0 Å². The summed E-state index contributed by atoms with van der Waals surface area (Å²) in [7, 11) is 0. The molecule has 1 atom stereocenters. The Morgan fingerprint density at radius 3 is 2.65 bits per heavy atom. The van der Waals surface area contributed by atoms with E-state index in [9.17, 15) is 22.8 Å². The molecule has 5 nitrogen and oxygen atoms in total. The summed E-state index contributed by atoms with van der Waals surface area (Å²) in [5, 5.41) is 8.85. The molecule has 0 aromatic heterocycles. The Morgan fingerprint density at radius 1 is 1.35 bits per heavy atom. The molecular weight excluding hydrogens is 315 g/mol. The number of carboxylic acids is 1. The van der Waals surface area contributed by atoms with Gasteiger partial charge in [0.1, 0.15) is 0 Å². The minimum absolute atomic E-state index is 0.191. The number of hydrogen-bond acceptors (Lipinski definition) is 3. The van der Waals surface area contributed by atoms with Gasteiger partial charge in [0.15, 0.2) is 0 Å². The summed E-state index contributed by atoms with van der Waals surface area (Å²) < 4.78 is 44.9. The molecule has 1 aliphatic heterocycles. The van der Waals surface area contributed by atoms with Gasteiger partial charge in [-0.2, -0.15) is 13.2 Å². The van der Waals surface area contributed by atoms with Crippen LogP contribution in [0.4, 0.5) is 13.2 Å². The van der Waals surface area contributed by atoms with E-state index in [1.165, 1.54) is 4.90 Å². The third kappa shape index (κ3) is 4.01. The lowest BCUT2D eigenvalue weighted by Gasteiger charge is -2.24.